The fourth-order valence-electron chi connectivity index (χ4n) is 2.78. The Hall–Kier alpha value is -3.22. The molecular formula is C20H24N6O. The van der Waals surface area contributed by atoms with Gasteiger partial charge in [0.15, 0.2) is 0 Å². The van der Waals surface area contributed by atoms with E-state index in [1.807, 2.05) is 44.3 Å². The minimum absolute atomic E-state index is 0.138. The van der Waals surface area contributed by atoms with Crippen molar-refractivity contribution in [3.8, 4) is 0 Å². The fraction of sp³-hybridized carbons (Fsp3) is 0.300. The molecule has 3 aromatic heterocycles. The lowest BCUT2D eigenvalue weighted by Crippen LogP contribution is -2.27. The summed E-state index contributed by atoms with van der Waals surface area (Å²) >= 11 is 0. The second-order valence-electron chi connectivity index (χ2n) is 6.25. The van der Waals surface area contributed by atoms with Gasteiger partial charge < -0.3 is 10.2 Å². The topological polar surface area (TPSA) is 75.9 Å². The van der Waals surface area contributed by atoms with E-state index in [9.17, 15) is 4.79 Å². The van der Waals surface area contributed by atoms with E-state index in [1.165, 1.54) is 0 Å². The van der Waals surface area contributed by atoms with Gasteiger partial charge in [-0.05, 0) is 25.1 Å². The van der Waals surface area contributed by atoms with Crippen molar-refractivity contribution < 1.29 is 4.79 Å². The molecule has 0 radical (unpaired) electrons. The van der Waals surface area contributed by atoms with Gasteiger partial charge in [-0.25, -0.2) is 4.98 Å². The van der Waals surface area contributed by atoms with Crippen LogP contribution >= 0.6 is 0 Å². The first-order valence-corrected chi connectivity index (χ1v) is 9.03. The molecule has 0 aliphatic rings. The van der Waals surface area contributed by atoms with Crippen LogP contribution in [0.25, 0.3) is 0 Å². The molecule has 27 heavy (non-hydrogen) atoms. The summed E-state index contributed by atoms with van der Waals surface area (Å²) in [6, 6.07) is 9.79. The van der Waals surface area contributed by atoms with Gasteiger partial charge in [0.25, 0.3) is 5.91 Å². The molecule has 7 nitrogen and oxygen atoms in total. The van der Waals surface area contributed by atoms with Crippen LogP contribution in [0.3, 0.4) is 0 Å². The summed E-state index contributed by atoms with van der Waals surface area (Å²) in [5.74, 6) is 0.721. The largest absolute Gasteiger partial charge is 0.359 e. The molecule has 0 saturated carbocycles. The number of hydrogen-bond donors (Lipinski definition) is 1. The minimum Gasteiger partial charge on any atom is -0.359 e. The highest BCUT2D eigenvalue weighted by Gasteiger charge is 2.12. The van der Waals surface area contributed by atoms with E-state index < -0.39 is 0 Å². The van der Waals surface area contributed by atoms with E-state index in [2.05, 4.69) is 25.3 Å². The predicted octanol–water partition coefficient (Wildman–Crippen LogP) is 2.30. The molecule has 3 rings (SSSR count). The number of nitrogens with one attached hydrogen (secondary N) is 1. The molecule has 3 heterocycles. The first-order chi connectivity index (χ1) is 13.2. The monoisotopic (exact) mass is 364 g/mol. The van der Waals surface area contributed by atoms with Crippen molar-refractivity contribution in [1.82, 2.24) is 25.1 Å². The van der Waals surface area contributed by atoms with Crippen molar-refractivity contribution >= 4 is 11.7 Å². The van der Waals surface area contributed by atoms with Crippen LogP contribution in [0.1, 0.15) is 28.5 Å². The average Bonchev–Trinajstić information content (AvgIpc) is 3.20. The highest BCUT2D eigenvalue weighted by atomic mass is 16.1. The number of pyridine rings is 2. The Morgan fingerprint density at radius 1 is 1.19 bits per heavy atom. The molecule has 7 heteroatoms. The van der Waals surface area contributed by atoms with Gasteiger partial charge >= 0.3 is 0 Å². The summed E-state index contributed by atoms with van der Waals surface area (Å²) in [5.41, 5.74) is 2.58. The van der Waals surface area contributed by atoms with Crippen LogP contribution in [0.2, 0.25) is 0 Å². The van der Waals surface area contributed by atoms with Crippen molar-refractivity contribution in [3.05, 3.63) is 71.9 Å². The smallest absolute Gasteiger partial charge is 0.254 e. The van der Waals surface area contributed by atoms with Gasteiger partial charge in [-0.2, -0.15) is 5.10 Å². The van der Waals surface area contributed by atoms with E-state index in [1.54, 1.807) is 29.5 Å². The van der Waals surface area contributed by atoms with Crippen molar-refractivity contribution in [2.75, 3.05) is 18.5 Å². The van der Waals surface area contributed by atoms with Gasteiger partial charge in [0.1, 0.15) is 5.82 Å². The van der Waals surface area contributed by atoms with Crippen molar-refractivity contribution in [1.29, 1.82) is 0 Å². The van der Waals surface area contributed by atoms with Gasteiger partial charge in [-0.3, -0.25) is 14.5 Å². The third-order valence-corrected chi connectivity index (χ3v) is 4.32. The molecule has 0 aromatic carbocycles. The first kappa shape index (κ1) is 18.6. The molecular weight excluding hydrogens is 340 g/mol. The lowest BCUT2D eigenvalue weighted by Gasteiger charge is -2.21. The Bertz CT molecular complexity index is 877. The molecule has 0 aliphatic carbocycles. The number of aromatic nitrogens is 4. The number of rotatable bonds is 8. The zero-order valence-electron chi connectivity index (χ0n) is 15.7. The van der Waals surface area contributed by atoms with Crippen LogP contribution < -0.4 is 10.2 Å². The van der Waals surface area contributed by atoms with Crippen LogP contribution in [0.15, 0.2) is 55.1 Å². The van der Waals surface area contributed by atoms with Crippen LogP contribution in [0, 0.1) is 0 Å². The Labute approximate surface area is 159 Å². The minimum atomic E-state index is -0.138. The molecule has 0 saturated heterocycles. The van der Waals surface area contributed by atoms with E-state index in [0.717, 1.165) is 36.6 Å². The summed E-state index contributed by atoms with van der Waals surface area (Å²) in [6.07, 6.45) is 7.73. The molecule has 1 N–H and O–H groups in total. The van der Waals surface area contributed by atoms with Crippen LogP contribution in [-0.2, 0) is 19.5 Å². The summed E-state index contributed by atoms with van der Waals surface area (Å²) in [6.45, 7) is 3.92. The fourth-order valence-corrected chi connectivity index (χ4v) is 2.78. The zero-order chi connectivity index (χ0) is 19.1. The predicted molar refractivity (Wildman–Crippen MR) is 105 cm³/mol. The Morgan fingerprint density at radius 3 is 2.78 bits per heavy atom. The maximum Gasteiger partial charge on any atom is 0.254 e. The summed E-state index contributed by atoms with van der Waals surface area (Å²) in [5, 5.41) is 7.09. The summed E-state index contributed by atoms with van der Waals surface area (Å²) < 4.78 is 1.73. The molecule has 0 bridgehead atoms. The number of anilines is 1. The molecule has 140 valence electrons. The third kappa shape index (κ3) is 4.91. The molecule has 0 fully saturated rings. The third-order valence-electron chi connectivity index (χ3n) is 4.32. The Morgan fingerprint density at radius 2 is 2.04 bits per heavy atom. The highest BCUT2D eigenvalue weighted by Crippen LogP contribution is 2.16. The van der Waals surface area contributed by atoms with E-state index in [-0.39, 0.29) is 5.91 Å². The van der Waals surface area contributed by atoms with Crippen molar-refractivity contribution in [3.63, 3.8) is 0 Å². The maximum atomic E-state index is 12.3. The standard InChI is InChI=1S/C20H24N6O/c1-3-26-15-17(14-24-26)20(27)23-13-16-7-6-11-22-19(16)25(2)12-9-18-8-4-5-10-21-18/h4-8,10-11,14-15H,3,9,12-13H2,1-2H3,(H,23,27). The molecule has 0 unspecified atom stereocenters. The zero-order valence-corrected chi connectivity index (χ0v) is 15.7. The van der Waals surface area contributed by atoms with Crippen molar-refractivity contribution in [2.45, 2.75) is 26.4 Å². The maximum absolute atomic E-state index is 12.3. The summed E-state index contributed by atoms with van der Waals surface area (Å²) in [7, 11) is 2.00. The van der Waals surface area contributed by atoms with E-state index in [4.69, 9.17) is 0 Å². The average molecular weight is 364 g/mol. The normalized spacial score (nSPS) is 10.6. The summed E-state index contributed by atoms with van der Waals surface area (Å²) in [4.78, 5) is 23.3. The van der Waals surface area contributed by atoms with Gasteiger partial charge in [0.05, 0.1) is 11.8 Å². The van der Waals surface area contributed by atoms with Gasteiger partial charge in [0.2, 0.25) is 0 Å². The SMILES string of the molecule is CCn1cc(C(=O)NCc2cccnc2N(C)CCc2ccccn2)cn1. The molecule has 0 atom stereocenters. The molecule has 1 amide bonds. The van der Waals surface area contributed by atoms with Gasteiger partial charge in [-0.1, -0.05) is 12.1 Å². The second-order valence-corrected chi connectivity index (χ2v) is 6.25. The molecule has 0 spiro atoms. The number of aryl methyl sites for hydroxylation is 1. The number of carbonyl (C=O) groups excluding carboxylic acids is 1. The number of carbonyl (C=O) groups is 1. The number of hydrogen-bond acceptors (Lipinski definition) is 5. The van der Waals surface area contributed by atoms with E-state index >= 15 is 0 Å². The van der Waals surface area contributed by atoms with Crippen LogP contribution in [0.4, 0.5) is 5.82 Å². The van der Waals surface area contributed by atoms with Crippen LogP contribution in [0.5, 0.6) is 0 Å². The lowest BCUT2D eigenvalue weighted by molar-refractivity contribution is 0.0951. The van der Waals surface area contributed by atoms with Gasteiger partial charge in [0, 0.05) is 63.0 Å². The number of likely N-dealkylation sites (N-methyl/N-ethyl adjacent to an activating group) is 1. The molecule has 0 aliphatic heterocycles. The van der Waals surface area contributed by atoms with Gasteiger partial charge in [-0.15, -0.1) is 0 Å². The Kier molecular flexibility index (Phi) is 6.14. The Balaban J connectivity index is 1.62. The first-order valence-electron chi connectivity index (χ1n) is 9.03. The van der Waals surface area contributed by atoms with Crippen molar-refractivity contribution in [2.24, 2.45) is 0 Å². The van der Waals surface area contributed by atoms with E-state index in [0.29, 0.717) is 12.1 Å². The number of nitrogens with zero attached hydrogens (tertiary/aromatic N) is 5. The van der Waals surface area contributed by atoms with Crippen LogP contribution in [-0.4, -0.2) is 39.2 Å². The highest BCUT2D eigenvalue weighted by molar-refractivity contribution is 5.93. The number of amides is 1. The lowest BCUT2D eigenvalue weighted by atomic mass is 10.2. The second kappa shape index (κ2) is 8.93. The molecule has 3 aromatic rings. The quantitative estimate of drug-likeness (QED) is 0.664.